The summed E-state index contributed by atoms with van der Waals surface area (Å²) in [5.74, 6) is 0.0471. The Kier molecular flexibility index (Phi) is 15.7. The van der Waals surface area contributed by atoms with Gasteiger partial charge in [-0.2, -0.15) is 0 Å². The standard InChI is InChI=1S/C15H21O2.3C4H9.Sn/c1-2-3-4-5-9-12-15(16)17-13-14-10-7-6-8-11-14;3*1-3-4-2;/h6-11H,2-5,12-13H2,1H3;3*1,3-4H2,2H3;. The third-order valence-corrected chi connectivity index (χ3v) is 24.7. The molecule has 0 aliphatic carbocycles. The molecule has 1 atom stereocenters. The van der Waals surface area contributed by atoms with Gasteiger partial charge < -0.3 is 0 Å². The van der Waals surface area contributed by atoms with Gasteiger partial charge >= 0.3 is 192 Å². The van der Waals surface area contributed by atoms with Gasteiger partial charge in [0.2, 0.25) is 0 Å². The molecule has 172 valence electrons. The van der Waals surface area contributed by atoms with Gasteiger partial charge in [-0.25, -0.2) is 0 Å². The Hall–Kier alpha value is -0.511. The van der Waals surface area contributed by atoms with E-state index in [1.165, 1.54) is 77.5 Å². The summed E-state index contributed by atoms with van der Waals surface area (Å²) >= 11 is -2.44. The first kappa shape index (κ1) is 27.5. The van der Waals surface area contributed by atoms with Crippen molar-refractivity contribution in [3.63, 3.8) is 0 Å². The third-order valence-electron chi connectivity index (χ3n) is 6.76. The van der Waals surface area contributed by atoms with Crippen molar-refractivity contribution < 1.29 is 9.53 Å². The van der Waals surface area contributed by atoms with Gasteiger partial charge in [-0.05, 0) is 0 Å². The van der Waals surface area contributed by atoms with E-state index in [1.54, 1.807) is 0 Å². The van der Waals surface area contributed by atoms with Crippen molar-refractivity contribution in [2.75, 3.05) is 0 Å². The van der Waals surface area contributed by atoms with Gasteiger partial charge in [0, 0.05) is 0 Å². The predicted octanol–water partition coefficient (Wildman–Crippen LogP) is 8.92. The first-order valence-corrected chi connectivity index (χ1v) is 20.5. The van der Waals surface area contributed by atoms with Crippen LogP contribution in [0.1, 0.15) is 104 Å². The number of hydrogen-bond acceptors (Lipinski definition) is 2. The average Bonchev–Trinajstić information content (AvgIpc) is 2.78. The molecule has 0 amide bonds. The number of carbonyl (C=O) groups is 1. The molecule has 0 saturated heterocycles. The predicted molar refractivity (Wildman–Crippen MR) is 134 cm³/mol. The van der Waals surface area contributed by atoms with Crippen molar-refractivity contribution in [1.82, 2.24) is 0 Å². The molecule has 0 saturated carbocycles. The summed E-state index contributed by atoms with van der Waals surface area (Å²) in [6, 6.07) is 10.1. The van der Waals surface area contributed by atoms with Crippen molar-refractivity contribution >= 4 is 24.3 Å². The molecule has 3 heteroatoms. The van der Waals surface area contributed by atoms with Crippen LogP contribution in [0.4, 0.5) is 0 Å². The first-order valence-electron chi connectivity index (χ1n) is 12.8. The molecule has 1 unspecified atom stereocenters. The van der Waals surface area contributed by atoms with Gasteiger partial charge in [-0.3, -0.25) is 0 Å². The topological polar surface area (TPSA) is 26.3 Å². The molecule has 0 aliphatic rings. The summed E-state index contributed by atoms with van der Waals surface area (Å²) in [4.78, 5) is 12.9. The number of carbonyl (C=O) groups excluding carboxylic acids is 1. The Morgan fingerprint density at radius 1 is 0.800 bits per heavy atom. The van der Waals surface area contributed by atoms with E-state index < -0.39 is 18.4 Å². The number of benzene rings is 1. The van der Waals surface area contributed by atoms with Gasteiger partial charge in [0.15, 0.2) is 0 Å². The molecular formula is C27H48O2Sn. The van der Waals surface area contributed by atoms with Crippen LogP contribution in [0.15, 0.2) is 30.3 Å². The summed E-state index contributed by atoms with van der Waals surface area (Å²) in [7, 11) is 0. The molecule has 0 N–H and O–H groups in total. The molecule has 1 aromatic carbocycles. The second kappa shape index (κ2) is 17.1. The number of rotatable bonds is 18. The number of hydrogen-bond donors (Lipinski definition) is 0. The Bertz CT molecular complexity index is 521. The summed E-state index contributed by atoms with van der Waals surface area (Å²) in [5, 5.41) is 0. The van der Waals surface area contributed by atoms with Crippen molar-refractivity contribution in [3.05, 3.63) is 35.9 Å². The van der Waals surface area contributed by atoms with Gasteiger partial charge in [0.1, 0.15) is 0 Å². The fraction of sp³-hybridized carbons (Fsp3) is 0.741. The second-order valence-electron chi connectivity index (χ2n) is 9.22. The molecule has 0 aromatic heterocycles. The quantitative estimate of drug-likeness (QED) is 0.109. The molecular weight excluding hydrogens is 475 g/mol. The third kappa shape index (κ3) is 10.7. The zero-order valence-corrected chi connectivity index (χ0v) is 23.2. The van der Waals surface area contributed by atoms with Gasteiger partial charge in [-0.15, -0.1) is 0 Å². The summed E-state index contributed by atoms with van der Waals surface area (Å²) in [6.07, 6.45) is 13.8. The maximum absolute atomic E-state index is 12.9. The van der Waals surface area contributed by atoms with Crippen LogP contribution >= 0.6 is 0 Å². The average molecular weight is 523 g/mol. The summed E-state index contributed by atoms with van der Waals surface area (Å²) in [5.41, 5.74) is 1.09. The van der Waals surface area contributed by atoms with Crippen LogP contribution < -0.4 is 0 Å². The zero-order valence-electron chi connectivity index (χ0n) is 20.4. The molecule has 0 spiro atoms. The van der Waals surface area contributed by atoms with E-state index in [0.29, 0.717) is 17.0 Å². The second-order valence-corrected chi connectivity index (χ2v) is 23.6. The number of esters is 1. The zero-order chi connectivity index (χ0) is 22.1. The van der Waals surface area contributed by atoms with E-state index in [2.05, 4.69) is 27.7 Å². The summed E-state index contributed by atoms with van der Waals surface area (Å²) < 4.78 is 10.9. The van der Waals surface area contributed by atoms with Crippen LogP contribution in [0.25, 0.3) is 0 Å². The summed E-state index contributed by atoms with van der Waals surface area (Å²) in [6.45, 7) is 9.69. The van der Waals surface area contributed by atoms with Crippen LogP contribution in [-0.4, -0.2) is 24.3 Å². The van der Waals surface area contributed by atoms with E-state index in [9.17, 15) is 4.79 Å². The Morgan fingerprint density at radius 2 is 1.33 bits per heavy atom. The van der Waals surface area contributed by atoms with Crippen molar-refractivity contribution in [2.24, 2.45) is 0 Å². The molecule has 0 heterocycles. The van der Waals surface area contributed by atoms with Crippen LogP contribution in [0.2, 0.25) is 17.2 Å². The molecule has 1 aromatic rings. The van der Waals surface area contributed by atoms with Crippen LogP contribution in [0, 0.1) is 0 Å². The molecule has 0 fully saturated rings. The maximum atomic E-state index is 12.9. The Balaban J connectivity index is 2.95. The van der Waals surface area contributed by atoms with Crippen LogP contribution in [0.3, 0.4) is 0 Å². The van der Waals surface area contributed by atoms with Crippen molar-refractivity contribution in [2.45, 2.75) is 122 Å². The molecule has 2 nitrogen and oxygen atoms in total. The fourth-order valence-electron chi connectivity index (χ4n) is 4.84. The molecule has 0 radical (unpaired) electrons. The first-order chi connectivity index (χ1) is 14.6. The van der Waals surface area contributed by atoms with E-state index >= 15 is 0 Å². The number of unbranched alkanes of at least 4 members (excludes halogenated alkanes) is 5. The van der Waals surface area contributed by atoms with E-state index in [4.69, 9.17) is 4.74 Å². The van der Waals surface area contributed by atoms with Gasteiger partial charge in [-0.1, -0.05) is 0 Å². The monoisotopic (exact) mass is 524 g/mol. The van der Waals surface area contributed by atoms with Gasteiger partial charge in [0.05, 0.1) is 0 Å². The number of ether oxygens (including phenoxy) is 1. The normalized spacial score (nSPS) is 12.7. The molecule has 0 bridgehead atoms. The van der Waals surface area contributed by atoms with Crippen molar-refractivity contribution in [1.29, 1.82) is 0 Å². The Morgan fingerprint density at radius 3 is 1.83 bits per heavy atom. The minimum atomic E-state index is -2.44. The fourth-order valence-corrected chi connectivity index (χ4v) is 23.6. The Labute approximate surface area is 191 Å². The SMILES string of the molecule is CCCCC[CH](CC(=O)OCc1ccccc1)[Sn]([CH2]CCC)([CH2]CCC)[CH2]CCC. The van der Waals surface area contributed by atoms with E-state index in [1.807, 2.05) is 30.3 Å². The molecule has 0 aliphatic heterocycles. The van der Waals surface area contributed by atoms with E-state index in [0.717, 1.165) is 5.56 Å². The van der Waals surface area contributed by atoms with E-state index in [-0.39, 0.29) is 5.97 Å². The minimum absolute atomic E-state index is 0.0471. The molecule has 30 heavy (non-hydrogen) atoms. The van der Waals surface area contributed by atoms with Crippen LogP contribution in [-0.2, 0) is 16.1 Å². The van der Waals surface area contributed by atoms with Crippen LogP contribution in [0.5, 0.6) is 0 Å². The van der Waals surface area contributed by atoms with Crippen molar-refractivity contribution in [3.8, 4) is 0 Å². The van der Waals surface area contributed by atoms with Gasteiger partial charge in [0.25, 0.3) is 0 Å². The molecule has 1 rings (SSSR count).